The summed E-state index contributed by atoms with van der Waals surface area (Å²) in [4.78, 5) is 8.57. The van der Waals surface area contributed by atoms with E-state index in [-0.39, 0.29) is 11.9 Å². The number of nitrogens with zero attached hydrogens (tertiary/aromatic N) is 3. The molecule has 96 valence electrons. The van der Waals surface area contributed by atoms with Crippen LogP contribution >= 0.6 is 0 Å². The molecule has 3 heterocycles. The molecule has 0 aliphatic carbocycles. The van der Waals surface area contributed by atoms with Crippen LogP contribution in [-0.2, 0) is 0 Å². The molecule has 0 aromatic carbocycles. The fourth-order valence-corrected chi connectivity index (χ4v) is 2.14. The van der Waals surface area contributed by atoms with Crippen molar-refractivity contribution in [3.05, 3.63) is 54.4 Å². The van der Waals surface area contributed by atoms with Gasteiger partial charge in [-0.15, -0.1) is 0 Å². The Morgan fingerprint density at radius 3 is 2.84 bits per heavy atom. The van der Waals surface area contributed by atoms with Crippen LogP contribution < -0.4 is 5.73 Å². The summed E-state index contributed by atoms with van der Waals surface area (Å²) in [5.41, 5.74) is 9.03. The van der Waals surface area contributed by atoms with E-state index < -0.39 is 0 Å². The summed E-state index contributed by atoms with van der Waals surface area (Å²) in [6.45, 7) is 1.86. The lowest BCUT2D eigenvalue weighted by Gasteiger charge is -2.07. The van der Waals surface area contributed by atoms with Crippen molar-refractivity contribution in [1.29, 1.82) is 0 Å². The molecule has 1 atom stereocenters. The van der Waals surface area contributed by atoms with Crippen LogP contribution in [0.4, 0.5) is 4.39 Å². The highest BCUT2D eigenvalue weighted by Crippen LogP contribution is 2.28. The van der Waals surface area contributed by atoms with Gasteiger partial charge in [-0.1, -0.05) is 0 Å². The number of hydrogen-bond acceptors (Lipinski definition) is 3. The largest absolute Gasteiger partial charge is 0.323 e. The minimum atomic E-state index is -0.314. The first kappa shape index (κ1) is 11.8. The Morgan fingerprint density at radius 1 is 1.32 bits per heavy atom. The average Bonchev–Trinajstić information content (AvgIpc) is 2.78. The minimum absolute atomic E-state index is 0.238. The zero-order valence-corrected chi connectivity index (χ0v) is 10.4. The van der Waals surface area contributed by atoms with E-state index in [1.165, 1.54) is 12.3 Å². The van der Waals surface area contributed by atoms with Crippen LogP contribution in [-0.4, -0.2) is 14.4 Å². The van der Waals surface area contributed by atoms with Gasteiger partial charge in [0.05, 0.1) is 11.4 Å². The van der Waals surface area contributed by atoms with Gasteiger partial charge in [0.2, 0.25) is 0 Å². The summed E-state index contributed by atoms with van der Waals surface area (Å²) in [6.07, 6.45) is 4.83. The van der Waals surface area contributed by atoms with Crippen molar-refractivity contribution >= 4 is 5.65 Å². The number of hydrogen-bond donors (Lipinski definition) is 1. The normalized spacial score (nSPS) is 12.8. The van der Waals surface area contributed by atoms with E-state index in [1.807, 2.05) is 19.1 Å². The topological polar surface area (TPSA) is 56.2 Å². The molecule has 0 amide bonds. The molecule has 0 saturated heterocycles. The number of rotatable bonds is 2. The van der Waals surface area contributed by atoms with Gasteiger partial charge in [-0.25, -0.2) is 9.37 Å². The van der Waals surface area contributed by atoms with Gasteiger partial charge in [0, 0.05) is 30.2 Å². The molecule has 0 saturated carbocycles. The number of pyridine rings is 2. The van der Waals surface area contributed by atoms with Crippen LogP contribution in [0.5, 0.6) is 0 Å². The van der Waals surface area contributed by atoms with Gasteiger partial charge >= 0.3 is 0 Å². The standard InChI is InChI=1S/C14H13FN4/c1-9(16)13-14(10-3-2-6-17-7-10)19-8-11(15)4-5-12(19)18-13/h2-9H,16H2,1H3. The molecule has 0 aliphatic rings. The fourth-order valence-electron chi connectivity index (χ4n) is 2.14. The van der Waals surface area contributed by atoms with E-state index >= 15 is 0 Å². The van der Waals surface area contributed by atoms with Crippen LogP contribution in [0, 0.1) is 5.82 Å². The van der Waals surface area contributed by atoms with Gasteiger partial charge in [0.25, 0.3) is 0 Å². The maximum Gasteiger partial charge on any atom is 0.139 e. The van der Waals surface area contributed by atoms with Crippen molar-refractivity contribution in [2.75, 3.05) is 0 Å². The predicted molar refractivity (Wildman–Crippen MR) is 71.0 cm³/mol. The Balaban J connectivity index is 2.36. The highest BCUT2D eigenvalue weighted by Gasteiger charge is 2.17. The van der Waals surface area contributed by atoms with Crippen molar-refractivity contribution in [2.24, 2.45) is 5.73 Å². The van der Waals surface area contributed by atoms with Crippen LogP contribution in [0.3, 0.4) is 0 Å². The zero-order chi connectivity index (χ0) is 13.4. The Morgan fingerprint density at radius 2 is 2.16 bits per heavy atom. The predicted octanol–water partition coefficient (Wildman–Crippen LogP) is 2.56. The number of imidazole rings is 1. The summed E-state index contributed by atoms with van der Waals surface area (Å²) >= 11 is 0. The van der Waals surface area contributed by atoms with Crippen molar-refractivity contribution in [3.8, 4) is 11.3 Å². The lowest BCUT2D eigenvalue weighted by molar-refractivity contribution is 0.619. The van der Waals surface area contributed by atoms with Crippen molar-refractivity contribution in [1.82, 2.24) is 14.4 Å². The van der Waals surface area contributed by atoms with E-state index in [0.29, 0.717) is 5.65 Å². The molecular formula is C14H13FN4. The van der Waals surface area contributed by atoms with E-state index in [9.17, 15) is 4.39 Å². The van der Waals surface area contributed by atoms with Crippen molar-refractivity contribution in [3.63, 3.8) is 0 Å². The first-order valence-corrected chi connectivity index (χ1v) is 6.00. The minimum Gasteiger partial charge on any atom is -0.323 e. The van der Waals surface area contributed by atoms with E-state index in [0.717, 1.165) is 17.0 Å². The number of nitrogens with two attached hydrogens (primary N) is 1. The molecular weight excluding hydrogens is 243 g/mol. The van der Waals surface area contributed by atoms with Crippen molar-refractivity contribution in [2.45, 2.75) is 13.0 Å². The van der Waals surface area contributed by atoms with Gasteiger partial charge in [-0.05, 0) is 31.2 Å². The van der Waals surface area contributed by atoms with Gasteiger partial charge in [-0.3, -0.25) is 9.38 Å². The van der Waals surface area contributed by atoms with E-state index in [2.05, 4.69) is 9.97 Å². The first-order valence-electron chi connectivity index (χ1n) is 6.00. The SMILES string of the molecule is CC(N)c1nc2ccc(F)cn2c1-c1cccnc1. The number of halogens is 1. The number of aromatic nitrogens is 3. The summed E-state index contributed by atoms with van der Waals surface area (Å²) in [5, 5.41) is 0. The van der Waals surface area contributed by atoms with E-state index in [4.69, 9.17) is 5.73 Å². The third-order valence-corrected chi connectivity index (χ3v) is 2.98. The summed E-state index contributed by atoms with van der Waals surface area (Å²) in [7, 11) is 0. The van der Waals surface area contributed by atoms with Crippen LogP contribution in [0.15, 0.2) is 42.9 Å². The molecule has 19 heavy (non-hydrogen) atoms. The Hall–Kier alpha value is -2.27. The summed E-state index contributed by atoms with van der Waals surface area (Å²) in [6, 6.07) is 6.53. The summed E-state index contributed by atoms with van der Waals surface area (Å²) in [5.74, 6) is -0.314. The molecule has 5 heteroatoms. The maximum atomic E-state index is 13.4. The molecule has 2 N–H and O–H groups in total. The monoisotopic (exact) mass is 256 g/mol. The summed E-state index contributed by atoms with van der Waals surface area (Å²) < 4.78 is 15.2. The van der Waals surface area contributed by atoms with Gasteiger partial charge < -0.3 is 5.73 Å². The highest BCUT2D eigenvalue weighted by molar-refractivity contribution is 5.67. The third-order valence-electron chi connectivity index (χ3n) is 2.98. The second kappa shape index (κ2) is 4.44. The second-order valence-corrected chi connectivity index (χ2v) is 4.45. The smallest absolute Gasteiger partial charge is 0.139 e. The molecule has 0 bridgehead atoms. The van der Waals surface area contributed by atoms with Crippen molar-refractivity contribution < 1.29 is 4.39 Å². The van der Waals surface area contributed by atoms with Crippen LogP contribution in [0.2, 0.25) is 0 Å². The van der Waals surface area contributed by atoms with Crippen LogP contribution in [0.1, 0.15) is 18.7 Å². The molecule has 0 spiro atoms. The molecule has 0 radical (unpaired) electrons. The molecule has 4 nitrogen and oxygen atoms in total. The van der Waals surface area contributed by atoms with Gasteiger partial charge in [0.15, 0.2) is 0 Å². The lowest BCUT2D eigenvalue weighted by Crippen LogP contribution is -2.07. The molecule has 3 rings (SSSR count). The molecule has 1 unspecified atom stereocenters. The zero-order valence-electron chi connectivity index (χ0n) is 10.4. The highest BCUT2D eigenvalue weighted by atomic mass is 19.1. The van der Waals surface area contributed by atoms with Gasteiger partial charge in [-0.2, -0.15) is 0 Å². The molecule has 3 aromatic heterocycles. The number of fused-ring (bicyclic) bond motifs is 1. The van der Waals surface area contributed by atoms with Crippen LogP contribution in [0.25, 0.3) is 16.9 Å². The van der Waals surface area contributed by atoms with E-state index in [1.54, 1.807) is 22.9 Å². The third kappa shape index (κ3) is 1.98. The Bertz CT molecular complexity index is 719. The molecule has 3 aromatic rings. The second-order valence-electron chi connectivity index (χ2n) is 4.45. The quantitative estimate of drug-likeness (QED) is 0.766. The molecule has 0 fully saturated rings. The maximum absolute atomic E-state index is 13.4. The molecule has 0 aliphatic heterocycles. The lowest BCUT2D eigenvalue weighted by atomic mass is 10.1. The fraction of sp³-hybridized carbons (Fsp3) is 0.143. The first-order chi connectivity index (χ1) is 9.16. The Labute approximate surface area is 109 Å². The van der Waals surface area contributed by atoms with Gasteiger partial charge in [0.1, 0.15) is 11.5 Å². The average molecular weight is 256 g/mol. The Kier molecular flexibility index (Phi) is 2.76.